The van der Waals surface area contributed by atoms with Crippen LogP contribution in [0, 0.1) is 0 Å². The van der Waals surface area contributed by atoms with Gasteiger partial charge >= 0.3 is 0 Å². The number of hydrogen-bond acceptors (Lipinski definition) is 6. The minimum atomic E-state index is -0.0388. The maximum Gasteiger partial charge on any atom is 0.125 e. The Balaban J connectivity index is 1.34. The van der Waals surface area contributed by atoms with Crippen molar-refractivity contribution in [1.29, 1.82) is 0 Å². The molecule has 5 nitrogen and oxygen atoms in total. The van der Waals surface area contributed by atoms with Gasteiger partial charge in [-0.05, 0) is 30.1 Å². The highest BCUT2D eigenvalue weighted by Crippen LogP contribution is 2.37. The molecule has 2 fully saturated rings. The van der Waals surface area contributed by atoms with Crippen molar-refractivity contribution in [2.45, 2.75) is 31.1 Å². The molecule has 2 aliphatic rings. The van der Waals surface area contributed by atoms with Crippen LogP contribution in [0.2, 0.25) is 0 Å². The maximum atomic E-state index is 6.14. The first kappa shape index (κ1) is 14.1. The lowest BCUT2D eigenvalue weighted by atomic mass is 9.98. The van der Waals surface area contributed by atoms with Crippen LogP contribution in [0.4, 0.5) is 0 Å². The lowest BCUT2D eigenvalue weighted by Gasteiger charge is -2.23. The minimum absolute atomic E-state index is 0.0388. The maximum absolute atomic E-state index is 6.14. The van der Waals surface area contributed by atoms with Gasteiger partial charge in [-0.3, -0.25) is 4.90 Å². The fraction of sp³-hybridized carbons (Fsp3) is 0.500. The molecule has 0 radical (unpaired) electrons. The molecular formula is C16H19N3O2S. The molecule has 2 saturated heterocycles. The smallest absolute Gasteiger partial charge is 0.125 e. The Hall–Kier alpha value is -1.50. The SMILES string of the molecule is c1ccc(O[C@H]2CO[C@]3(CCN(Cc4csnn4)C3)C2)cc1. The largest absolute Gasteiger partial charge is 0.488 e. The number of likely N-dealkylation sites (tertiary alicyclic amines) is 1. The molecule has 0 bridgehead atoms. The third kappa shape index (κ3) is 2.99. The first-order chi connectivity index (χ1) is 10.8. The van der Waals surface area contributed by atoms with E-state index in [4.69, 9.17) is 9.47 Å². The highest BCUT2D eigenvalue weighted by Gasteiger charge is 2.46. The predicted octanol–water partition coefficient (Wildman–Crippen LogP) is 2.35. The summed E-state index contributed by atoms with van der Waals surface area (Å²) in [5, 5.41) is 6.14. The van der Waals surface area contributed by atoms with Gasteiger partial charge in [-0.15, -0.1) is 5.10 Å². The summed E-state index contributed by atoms with van der Waals surface area (Å²) in [7, 11) is 0. The van der Waals surface area contributed by atoms with Crippen molar-refractivity contribution >= 4 is 11.5 Å². The Labute approximate surface area is 134 Å². The van der Waals surface area contributed by atoms with Crippen LogP contribution >= 0.6 is 11.5 Å². The van der Waals surface area contributed by atoms with Crippen molar-refractivity contribution < 1.29 is 9.47 Å². The zero-order valence-corrected chi connectivity index (χ0v) is 13.2. The Morgan fingerprint density at radius 1 is 1.36 bits per heavy atom. The third-order valence-corrected chi connectivity index (χ3v) is 4.96. The van der Waals surface area contributed by atoms with E-state index in [9.17, 15) is 0 Å². The Morgan fingerprint density at radius 3 is 3.09 bits per heavy atom. The van der Waals surface area contributed by atoms with Crippen molar-refractivity contribution in [1.82, 2.24) is 14.5 Å². The summed E-state index contributed by atoms with van der Waals surface area (Å²) in [5.74, 6) is 0.927. The summed E-state index contributed by atoms with van der Waals surface area (Å²) < 4.78 is 16.1. The Kier molecular flexibility index (Phi) is 3.82. The van der Waals surface area contributed by atoms with Crippen LogP contribution in [0.15, 0.2) is 35.7 Å². The molecule has 4 rings (SSSR count). The summed E-state index contributed by atoms with van der Waals surface area (Å²) in [5.41, 5.74) is 1.01. The fourth-order valence-electron chi connectivity index (χ4n) is 3.40. The number of aromatic nitrogens is 2. The highest BCUT2D eigenvalue weighted by atomic mass is 32.1. The lowest BCUT2D eigenvalue weighted by Crippen LogP contribution is -2.33. The minimum Gasteiger partial charge on any atom is -0.488 e. The summed E-state index contributed by atoms with van der Waals surface area (Å²) in [6, 6.07) is 10.0. The van der Waals surface area contributed by atoms with Crippen LogP contribution < -0.4 is 4.74 Å². The second-order valence-corrected chi connectivity index (χ2v) is 6.72. The molecule has 22 heavy (non-hydrogen) atoms. The van der Waals surface area contributed by atoms with Crippen molar-refractivity contribution in [3.05, 3.63) is 41.4 Å². The topological polar surface area (TPSA) is 47.5 Å². The molecule has 1 spiro atoms. The second kappa shape index (κ2) is 5.95. The fourth-order valence-corrected chi connectivity index (χ4v) is 3.84. The zero-order chi connectivity index (χ0) is 14.8. The van der Waals surface area contributed by atoms with Crippen LogP contribution in [0.5, 0.6) is 5.75 Å². The van der Waals surface area contributed by atoms with Gasteiger partial charge in [-0.2, -0.15) is 0 Å². The van der Waals surface area contributed by atoms with Gasteiger partial charge < -0.3 is 9.47 Å². The summed E-state index contributed by atoms with van der Waals surface area (Å²) >= 11 is 1.41. The van der Waals surface area contributed by atoms with Crippen LogP contribution in [0.3, 0.4) is 0 Å². The zero-order valence-electron chi connectivity index (χ0n) is 12.4. The van der Waals surface area contributed by atoms with Crippen molar-refractivity contribution in [3.8, 4) is 5.75 Å². The molecule has 116 valence electrons. The predicted molar refractivity (Wildman–Crippen MR) is 84.0 cm³/mol. The van der Waals surface area contributed by atoms with Gasteiger partial charge in [0.1, 0.15) is 11.9 Å². The molecule has 0 saturated carbocycles. The molecule has 0 amide bonds. The van der Waals surface area contributed by atoms with Gasteiger partial charge in [0, 0.05) is 31.4 Å². The molecule has 0 aliphatic carbocycles. The first-order valence-electron chi connectivity index (χ1n) is 7.65. The van der Waals surface area contributed by atoms with Gasteiger partial charge in [0.2, 0.25) is 0 Å². The molecule has 2 aromatic rings. The molecule has 2 aliphatic heterocycles. The van der Waals surface area contributed by atoms with E-state index in [1.54, 1.807) is 0 Å². The molecule has 0 N–H and O–H groups in total. The quantitative estimate of drug-likeness (QED) is 0.866. The average molecular weight is 317 g/mol. The average Bonchev–Trinajstić information content (AvgIpc) is 3.25. The monoisotopic (exact) mass is 317 g/mol. The number of rotatable bonds is 4. The van der Waals surface area contributed by atoms with Gasteiger partial charge in [-0.25, -0.2) is 0 Å². The molecule has 0 unspecified atom stereocenters. The number of hydrogen-bond donors (Lipinski definition) is 0. The van der Waals surface area contributed by atoms with E-state index < -0.39 is 0 Å². The first-order valence-corrected chi connectivity index (χ1v) is 8.49. The van der Waals surface area contributed by atoms with Gasteiger partial charge in [-0.1, -0.05) is 22.7 Å². The number of nitrogens with zero attached hydrogens (tertiary/aromatic N) is 3. The van der Waals surface area contributed by atoms with E-state index in [2.05, 4.69) is 14.5 Å². The number of ether oxygens (including phenoxy) is 2. The number of para-hydroxylation sites is 1. The standard InChI is InChI=1S/C16H19N3O2S/c1-2-4-14(5-3-1)21-15-8-16(20-10-15)6-7-19(12-16)9-13-11-22-18-17-13/h1-5,11,15H,6-10,12H2/t15-,16-/m1/s1. The van der Waals surface area contributed by atoms with Crippen LogP contribution in [0.25, 0.3) is 0 Å². The summed E-state index contributed by atoms with van der Waals surface area (Å²) in [6.45, 7) is 3.56. The summed E-state index contributed by atoms with van der Waals surface area (Å²) in [6.07, 6.45) is 2.19. The van der Waals surface area contributed by atoms with E-state index in [1.807, 2.05) is 35.7 Å². The molecule has 6 heteroatoms. The van der Waals surface area contributed by atoms with Gasteiger partial charge in [0.05, 0.1) is 17.9 Å². The molecule has 3 heterocycles. The van der Waals surface area contributed by atoms with Crippen molar-refractivity contribution in [3.63, 3.8) is 0 Å². The van der Waals surface area contributed by atoms with Crippen LogP contribution in [-0.2, 0) is 11.3 Å². The normalized spacial score (nSPS) is 28.5. The van der Waals surface area contributed by atoms with Gasteiger partial charge in [0.15, 0.2) is 0 Å². The van der Waals surface area contributed by atoms with E-state index in [-0.39, 0.29) is 11.7 Å². The molecule has 1 aromatic carbocycles. The number of benzene rings is 1. The van der Waals surface area contributed by atoms with Crippen molar-refractivity contribution in [2.24, 2.45) is 0 Å². The van der Waals surface area contributed by atoms with E-state index >= 15 is 0 Å². The summed E-state index contributed by atoms with van der Waals surface area (Å²) in [4.78, 5) is 2.40. The molecule has 1 aromatic heterocycles. The van der Waals surface area contributed by atoms with Crippen LogP contribution in [0.1, 0.15) is 18.5 Å². The second-order valence-electron chi connectivity index (χ2n) is 6.11. The molecule has 2 atom stereocenters. The van der Waals surface area contributed by atoms with E-state index in [1.165, 1.54) is 11.5 Å². The lowest BCUT2D eigenvalue weighted by molar-refractivity contribution is 0.00927. The third-order valence-electron chi connectivity index (χ3n) is 4.41. The van der Waals surface area contributed by atoms with E-state index in [0.29, 0.717) is 6.61 Å². The molecular weight excluding hydrogens is 298 g/mol. The van der Waals surface area contributed by atoms with Gasteiger partial charge in [0.25, 0.3) is 0 Å². The van der Waals surface area contributed by atoms with Crippen LogP contribution in [-0.4, -0.2) is 45.9 Å². The Bertz CT molecular complexity index is 607. The highest BCUT2D eigenvalue weighted by molar-refractivity contribution is 7.03. The van der Waals surface area contributed by atoms with E-state index in [0.717, 1.165) is 43.9 Å². The Morgan fingerprint density at radius 2 is 2.27 bits per heavy atom. The van der Waals surface area contributed by atoms with Crippen molar-refractivity contribution in [2.75, 3.05) is 19.7 Å².